The SMILES string of the molecule is O=C(NC[C@@H]1CCCO1)N[C@@H](Cc1ccccc1)C(=O)O. The van der Waals surface area contributed by atoms with Gasteiger partial charge in [0.25, 0.3) is 0 Å². The third-order valence-corrected chi connectivity index (χ3v) is 3.40. The van der Waals surface area contributed by atoms with Crippen LogP contribution in [0.15, 0.2) is 30.3 Å². The number of hydrogen-bond donors (Lipinski definition) is 3. The zero-order valence-corrected chi connectivity index (χ0v) is 11.7. The van der Waals surface area contributed by atoms with Crippen molar-refractivity contribution in [2.45, 2.75) is 31.4 Å². The van der Waals surface area contributed by atoms with Crippen LogP contribution >= 0.6 is 0 Å². The molecule has 0 saturated carbocycles. The summed E-state index contributed by atoms with van der Waals surface area (Å²) < 4.78 is 5.39. The molecular weight excluding hydrogens is 272 g/mol. The Morgan fingerprint density at radius 2 is 2.10 bits per heavy atom. The zero-order chi connectivity index (χ0) is 15.1. The van der Waals surface area contributed by atoms with Crippen molar-refractivity contribution in [2.75, 3.05) is 13.2 Å². The number of amides is 2. The van der Waals surface area contributed by atoms with Crippen LogP contribution in [0.4, 0.5) is 4.79 Å². The molecule has 0 unspecified atom stereocenters. The number of rotatable bonds is 6. The van der Waals surface area contributed by atoms with E-state index in [1.807, 2.05) is 30.3 Å². The lowest BCUT2D eigenvalue weighted by molar-refractivity contribution is -0.139. The summed E-state index contributed by atoms with van der Waals surface area (Å²) in [5, 5.41) is 14.3. The number of benzene rings is 1. The van der Waals surface area contributed by atoms with Gasteiger partial charge in [-0.05, 0) is 18.4 Å². The quantitative estimate of drug-likeness (QED) is 0.734. The molecule has 0 radical (unpaired) electrons. The first kappa shape index (κ1) is 15.3. The molecule has 1 aromatic carbocycles. The van der Waals surface area contributed by atoms with Gasteiger partial charge in [0.1, 0.15) is 6.04 Å². The molecule has 1 aromatic rings. The molecule has 2 atom stereocenters. The molecule has 1 saturated heterocycles. The number of aliphatic carboxylic acids is 1. The van der Waals surface area contributed by atoms with Crippen molar-refractivity contribution in [3.05, 3.63) is 35.9 Å². The lowest BCUT2D eigenvalue weighted by Gasteiger charge is -2.16. The second kappa shape index (κ2) is 7.64. The molecule has 0 aromatic heterocycles. The summed E-state index contributed by atoms with van der Waals surface area (Å²) in [6.07, 6.45) is 2.21. The Bertz CT molecular complexity index is 472. The Morgan fingerprint density at radius 1 is 1.33 bits per heavy atom. The van der Waals surface area contributed by atoms with Gasteiger partial charge in [0.15, 0.2) is 0 Å². The molecule has 1 aliphatic rings. The maximum absolute atomic E-state index is 11.8. The third kappa shape index (κ3) is 5.07. The third-order valence-electron chi connectivity index (χ3n) is 3.40. The van der Waals surface area contributed by atoms with E-state index in [1.165, 1.54) is 0 Å². The number of urea groups is 1. The summed E-state index contributed by atoms with van der Waals surface area (Å²) in [5.41, 5.74) is 0.865. The van der Waals surface area contributed by atoms with Crippen molar-refractivity contribution in [1.29, 1.82) is 0 Å². The predicted octanol–water partition coefficient (Wildman–Crippen LogP) is 1.16. The molecule has 0 aliphatic carbocycles. The zero-order valence-electron chi connectivity index (χ0n) is 11.7. The Hall–Kier alpha value is -2.08. The first-order valence-corrected chi connectivity index (χ1v) is 7.08. The number of nitrogens with one attached hydrogen (secondary N) is 2. The van der Waals surface area contributed by atoms with Crippen LogP contribution in [0.2, 0.25) is 0 Å². The average Bonchev–Trinajstić information content (AvgIpc) is 2.99. The van der Waals surface area contributed by atoms with Crippen molar-refractivity contribution in [3.8, 4) is 0 Å². The van der Waals surface area contributed by atoms with Crippen LogP contribution in [0.3, 0.4) is 0 Å². The summed E-state index contributed by atoms with van der Waals surface area (Å²) in [6, 6.07) is 7.79. The second-order valence-corrected chi connectivity index (χ2v) is 5.07. The highest BCUT2D eigenvalue weighted by Crippen LogP contribution is 2.10. The standard InChI is InChI=1S/C15H20N2O4/c18-14(19)13(9-11-5-2-1-3-6-11)17-15(20)16-10-12-7-4-8-21-12/h1-3,5-6,12-13H,4,7-10H2,(H,18,19)(H2,16,17,20)/t12-,13-/m0/s1. The normalized spacial score (nSPS) is 19.0. The topological polar surface area (TPSA) is 87.7 Å². The van der Waals surface area contributed by atoms with Gasteiger partial charge in [-0.1, -0.05) is 30.3 Å². The van der Waals surface area contributed by atoms with E-state index >= 15 is 0 Å². The molecular formula is C15H20N2O4. The highest BCUT2D eigenvalue weighted by atomic mass is 16.5. The highest BCUT2D eigenvalue weighted by molar-refractivity contribution is 5.82. The van der Waals surface area contributed by atoms with E-state index in [9.17, 15) is 14.7 Å². The monoisotopic (exact) mass is 292 g/mol. The van der Waals surface area contributed by atoms with Crippen LogP contribution < -0.4 is 10.6 Å². The summed E-state index contributed by atoms with van der Waals surface area (Å²) in [5.74, 6) is -1.05. The van der Waals surface area contributed by atoms with E-state index in [0.29, 0.717) is 6.54 Å². The molecule has 114 valence electrons. The van der Waals surface area contributed by atoms with Crippen molar-refractivity contribution in [3.63, 3.8) is 0 Å². The number of carboxylic acids is 1. The molecule has 1 heterocycles. The van der Waals surface area contributed by atoms with Crippen LogP contribution in [0.25, 0.3) is 0 Å². The first-order chi connectivity index (χ1) is 10.1. The first-order valence-electron chi connectivity index (χ1n) is 7.08. The van der Waals surface area contributed by atoms with Gasteiger partial charge in [0.05, 0.1) is 6.10 Å². The van der Waals surface area contributed by atoms with Gasteiger partial charge in [-0.3, -0.25) is 0 Å². The number of hydrogen-bond acceptors (Lipinski definition) is 3. The molecule has 6 nitrogen and oxygen atoms in total. The van der Waals surface area contributed by atoms with Gasteiger partial charge in [-0.15, -0.1) is 0 Å². The number of carbonyl (C=O) groups excluding carboxylic acids is 1. The summed E-state index contributed by atoms with van der Waals surface area (Å²) >= 11 is 0. The van der Waals surface area contributed by atoms with Crippen molar-refractivity contribution >= 4 is 12.0 Å². The minimum absolute atomic E-state index is 0.0353. The summed E-state index contributed by atoms with van der Waals surface area (Å²) in [4.78, 5) is 23.0. The second-order valence-electron chi connectivity index (χ2n) is 5.07. The van der Waals surface area contributed by atoms with Crippen LogP contribution in [0.1, 0.15) is 18.4 Å². The van der Waals surface area contributed by atoms with Crippen molar-refractivity contribution < 1.29 is 19.4 Å². The fourth-order valence-corrected chi connectivity index (χ4v) is 2.27. The minimum Gasteiger partial charge on any atom is -0.480 e. The smallest absolute Gasteiger partial charge is 0.326 e. The van der Waals surface area contributed by atoms with Gasteiger partial charge in [0, 0.05) is 19.6 Å². The van der Waals surface area contributed by atoms with Gasteiger partial charge in [-0.25, -0.2) is 9.59 Å². The largest absolute Gasteiger partial charge is 0.480 e. The van der Waals surface area contributed by atoms with Crippen LogP contribution in [0, 0.1) is 0 Å². The van der Waals surface area contributed by atoms with E-state index in [2.05, 4.69) is 10.6 Å². The maximum atomic E-state index is 11.8. The van der Waals surface area contributed by atoms with Gasteiger partial charge in [-0.2, -0.15) is 0 Å². The van der Waals surface area contributed by atoms with Crippen LogP contribution in [-0.4, -0.2) is 42.4 Å². The molecule has 0 bridgehead atoms. The van der Waals surface area contributed by atoms with Crippen LogP contribution in [-0.2, 0) is 16.0 Å². The molecule has 6 heteroatoms. The highest BCUT2D eigenvalue weighted by Gasteiger charge is 2.21. The molecule has 0 spiro atoms. The number of carbonyl (C=O) groups is 2. The Balaban J connectivity index is 1.81. The molecule has 21 heavy (non-hydrogen) atoms. The van der Waals surface area contributed by atoms with E-state index < -0.39 is 18.0 Å². The lowest BCUT2D eigenvalue weighted by atomic mass is 10.1. The van der Waals surface area contributed by atoms with Crippen molar-refractivity contribution in [2.24, 2.45) is 0 Å². The minimum atomic E-state index is -1.05. The Morgan fingerprint density at radius 3 is 2.71 bits per heavy atom. The van der Waals surface area contributed by atoms with Gasteiger partial charge in [0.2, 0.25) is 0 Å². The van der Waals surface area contributed by atoms with E-state index in [1.54, 1.807) is 0 Å². The number of carboxylic acid groups (broad SMARTS) is 1. The van der Waals surface area contributed by atoms with Crippen LogP contribution in [0.5, 0.6) is 0 Å². The maximum Gasteiger partial charge on any atom is 0.326 e. The summed E-state index contributed by atoms with van der Waals surface area (Å²) in [6.45, 7) is 1.13. The summed E-state index contributed by atoms with van der Waals surface area (Å²) in [7, 11) is 0. The predicted molar refractivity (Wildman–Crippen MR) is 77.1 cm³/mol. The molecule has 2 amide bonds. The average molecular weight is 292 g/mol. The Labute approximate surface area is 123 Å². The van der Waals surface area contributed by atoms with E-state index in [0.717, 1.165) is 25.0 Å². The molecule has 1 fully saturated rings. The molecule has 3 N–H and O–H groups in total. The number of ether oxygens (including phenoxy) is 1. The lowest BCUT2D eigenvalue weighted by Crippen LogP contribution is -2.48. The van der Waals surface area contributed by atoms with E-state index in [-0.39, 0.29) is 12.5 Å². The molecule has 1 aliphatic heterocycles. The van der Waals surface area contributed by atoms with E-state index in [4.69, 9.17) is 4.74 Å². The Kier molecular flexibility index (Phi) is 5.57. The van der Waals surface area contributed by atoms with Gasteiger partial charge < -0.3 is 20.5 Å². The fraction of sp³-hybridized carbons (Fsp3) is 0.467. The van der Waals surface area contributed by atoms with Gasteiger partial charge >= 0.3 is 12.0 Å². The van der Waals surface area contributed by atoms with Crippen molar-refractivity contribution in [1.82, 2.24) is 10.6 Å². The fourth-order valence-electron chi connectivity index (χ4n) is 2.27. The molecule has 2 rings (SSSR count).